The van der Waals surface area contributed by atoms with Crippen LogP contribution in [0.3, 0.4) is 0 Å². The van der Waals surface area contributed by atoms with Gasteiger partial charge in [-0.3, -0.25) is 4.68 Å². The van der Waals surface area contributed by atoms with Gasteiger partial charge in [-0.25, -0.2) is 0 Å². The summed E-state index contributed by atoms with van der Waals surface area (Å²) in [5, 5.41) is 14.9. The normalized spacial score (nSPS) is 11.7. The van der Waals surface area contributed by atoms with Crippen LogP contribution in [-0.2, 0) is 5.54 Å². The van der Waals surface area contributed by atoms with Crippen molar-refractivity contribution in [2.75, 3.05) is 6.61 Å². The second kappa shape index (κ2) is 5.80. The van der Waals surface area contributed by atoms with Gasteiger partial charge >= 0.3 is 0 Å². The predicted molar refractivity (Wildman–Crippen MR) is 84.8 cm³/mol. The second-order valence-electron chi connectivity index (χ2n) is 6.24. The average Bonchev–Trinajstić information content (AvgIpc) is 2.74. The minimum Gasteiger partial charge on any atom is -0.504 e. The quantitative estimate of drug-likeness (QED) is 0.921. The lowest BCUT2D eigenvalue weighted by Crippen LogP contribution is -2.24. The van der Waals surface area contributed by atoms with Gasteiger partial charge in [0.25, 0.3) is 0 Å². The smallest absolute Gasteiger partial charge is 0.164 e. The molecule has 1 heterocycles. The lowest BCUT2D eigenvalue weighted by Gasteiger charge is -2.20. The van der Waals surface area contributed by atoms with Crippen molar-refractivity contribution in [2.24, 2.45) is 0 Å². The lowest BCUT2D eigenvalue weighted by atomic mass is 10.1. The van der Waals surface area contributed by atoms with E-state index in [2.05, 4.69) is 32.8 Å². The Morgan fingerprint density at radius 1 is 1.19 bits per heavy atom. The topological polar surface area (TPSA) is 47.3 Å². The van der Waals surface area contributed by atoms with Crippen LogP contribution in [0.25, 0.3) is 11.3 Å². The largest absolute Gasteiger partial charge is 0.504 e. The zero-order valence-corrected chi connectivity index (χ0v) is 13.5. The van der Waals surface area contributed by atoms with Crippen LogP contribution in [0, 0.1) is 6.92 Å². The first-order valence-electron chi connectivity index (χ1n) is 7.37. The number of hydrogen-bond acceptors (Lipinski definition) is 3. The van der Waals surface area contributed by atoms with Crippen molar-refractivity contribution in [3.63, 3.8) is 0 Å². The first-order chi connectivity index (χ1) is 9.84. The highest BCUT2D eigenvalue weighted by Crippen LogP contribution is 2.34. The fourth-order valence-corrected chi connectivity index (χ4v) is 2.27. The van der Waals surface area contributed by atoms with Crippen molar-refractivity contribution in [1.82, 2.24) is 9.78 Å². The summed E-state index contributed by atoms with van der Waals surface area (Å²) in [4.78, 5) is 0. The van der Waals surface area contributed by atoms with E-state index >= 15 is 0 Å². The molecule has 4 nitrogen and oxygen atoms in total. The summed E-state index contributed by atoms with van der Waals surface area (Å²) in [5.41, 5.74) is 2.13. The summed E-state index contributed by atoms with van der Waals surface area (Å²) in [7, 11) is 0. The molecule has 1 aromatic carbocycles. The lowest BCUT2D eigenvalue weighted by molar-refractivity contribution is 0.317. The Bertz CT molecular complexity index is 607. The van der Waals surface area contributed by atoms with Gasteiger partial charge < -0.3 is 9.84 Å². The van der Waals surface area contributed by atoms with E-state index in [9.17, 15) is 5.11 Å². The highest BCUT2D eigenvalue weighted by atomic mass is 16.5. The van der Waals surface area contributed by atoms with Gasteiger partial charge in [0, 0.05) is 5.56 Å². The zero-order valence-electron chi connectivity index (χ0n) is 13.5. The minimum absolute atomic E-state index is 0.163. The maximum Gasteiger partial charge on any atom is 0.164 e. The van der Waals surface area contributed by atoms with Gasteiger partial charge in [0.1, 0.15) is 11.4 Å². The van der Waals surface area contributed by atoms with Gasteiger partial charge in [0.05, 0.1) is 17.8 Å². The van der Waals surface area contributed by atoms with Gasteiger partial charge in [-0.2, -0.15) is 5.10 Å². The molecule has 1 aromatic heterocycles. The molecule has 0 bridgehead atoms. The fraction of sp³-hybridized carbons (Fsp3) is 0.471. The van der Waals surface area contributed by atoms with E-state index < -0.39 is 0 Å². The van der Waals surface area contributed by atoms with Crippen LogP contribution in [0.15, 0.2) is 24.3 Å². The first-order valence-corrected chi connectivity index (χ1v) is 7.37. The minimum atomic E-state index is -0.163. The zero-order chi connectivity index (χ0) is 15.6. The molecular weight excluding hydrogens is 264 g/mol. The molecule has 21 heavy (non-hydrogen) atoms. The van der Waals surface area contributed by atoms with Gasteiger partial charge in [-0.05, 0) is 58.4 Å². The van der Waals surface area contributed by atoms with Crippen LogP contribution in [0.4, 0.5) is 0 Å². The highest BCUT2D eigenvalue weighted by molar-refractivity contribution is 5.67. The molecule has 0 saturated heterocycles. The molecule has 2 rings (SSSR count). The molecule has 0 unspecified atom stereocenters. The summed E-state index contributed by atoms with van der Waals surface area (Å²) in [5.74, 6) is 1.08. The number of hydrogen-bond donors (Lipinski definition) is 1. The number of benzene rings is 1. The van der Waals surface area contributed by atoms with E-state index in [-0.39, 0.29) is 11.3 Å². The molecular formula is C17H24N2O2. The maximum atomic E-state index is 10.3. The Hall–Kier alpha value is -1.97. The maximum absolute atomic E-state index is 10.3. The van der Waals surface area contributed by atoms with Crippen LogP contribution in [0.5, 0.6) is 11.5 Å². The number of aromatic hydroxyl groups is 1. The summed E-state index contributed by atoms with van der Waals surface area (Å²) < 4.78 is 7.43. The van der Waals surface area contributed by atoms with E-state index in [0.29, 0.717) is 12.3 Å². The van der Waals surface area contributed by atoms with Crippen molar-refractivity contribution in [3.8, 4) is 22.8 Å². The molecule has 4 heteroatoms. The summed E-state index contributed by atoms with van der Waals surface area (Å²) in [6.45, 7) is 10.9. The molecule has 0 atom stereocenters. The van der Waals surface area contributed by atoms with E-state index in [1.807, 2.05) is 35.9 Å². The number of aromatic nitrogens is 2. The molecule has 0 aliphatic carbocycles. The van der Waals surface area contributed by atoms with Crippen LogP contribution >= 0.6 is 0 Å². The third-order valence-electron chi connectivity index (χ3n) is 3.32. The summed E-state index contributed by atoms with van der Waals surface area (Å²) in [6, 6.07) is 7.69. The van der Waals surface area contributed by atoms with E-state index in [1.165, 1.54) is 0 Å². The van der Waals surface area contributed by atoms with Gasteiger partial charge in [-0.15, -0.1) is 0 Å². The third kappa shape index (κ3) is 3.20. The standard InChI is InChI=1S/C17H24N2O2/c1-6-11-21-14-9-7-13(8-10-14)15-16(20)12(2)19(18-15)17(3,4)5/h7-10,20H,6,11H2,1-5H3. The second-order valence-corrected chi connectivity index (χ2v) is 6.24. The Morgan fingerprint density at radius 3 is 2.29 bits per heavy atom. The monoisotopic (exact) mass is 288 g/mol. The molecule has 2 aromatic rings. The highest BCUT2D eigenvalue weighted by Gasteiger charge is 2.22. The summed E-state index contributed by atoms with van der Waals surface area (Å²) in [6.07, 6.45) is 0.984. The van der Waals surface area contributed by atoms with Crippen LogP contribution in [0.1, 0.15) is 39.8 Å². The Kier molecular flexibility index (Phi) is 4.26. The molecule has 114 valence electrons. The van der Waals surface area contributed by atoms with E-state index in [4.69, 9.17) is 4.74 Å². The fourth-order valence-electron chi connectivity index (χ4n) is 2.27. The molecule has 1 N–H and O–H groups in total. The van der Waals surface area contributed by atoms with Gasteiger partial charge in [-0.1, -0.05) is 6.92 Å². The van der Waals surface area contributed by atoms with Crippen LogP contribution in [-0.4, -0.2) is 21.5 Å². The average molecular weight is 288 g/mol. The van der Waals surface area contributed by atoms with Crippen molar-refractivity contribution in [3.05, 3.63) is 30.0 Å². The molecule has 0 amide bonds. The third-order valence-corrected chi connectivity index (χ3v) is 3.32. The van der Waals surface area contributed by atoms with Crippen LogP contribution in [0.2, 0.25) is 0 Å². The Labute approximate surface area is 126 Å². The molecule has 0 spiro atoms. The Morgan fingerprint density at radius 2 is 1.81 bits per heavy atom. The molecule has 0 radical (unpaired) electrons. The molecule has 0 saturated carbocycles. The van der Waals surface area contributed by atoms with E-state index in [1.54, 1.807) is 0 Å². The number of ether oxygens (including phenoxy) is 1. The summed E-state index contributed by atoms with van der Waals surface area (Å²) >= 11 is 0. The van der Waals surface area contributed by atoms with Gasteiger partial charge in [0.2, 0.25) is 0 Å². The molecule has 0 aliphatic heterocycles. The number of nitrogens with zero attached hydrogens (tertiary/aromatic N) is 2. The van der Waals surface area contributed by atoms with Crippen molar-refractivity contribution in [2.45, 2.75) is 46.6 Å². The van der Waals surface area contributed by atoms with Crippen molar-refractivity contribution < 1.29 is 9.84 Å². The predicted octanol–water partition coefficient (Wildman–Crippen LogP) is 4.11. The molecule has 0 fully saturated rings. The number of rotatable bonds is 4. The van der Waals surface area contributed by atoms with Crippen molar-refractivity contribution >= 4 is 0 Å². The SMILES string of the molecule is CCCOc1ccc(-c2nn(C(C)(C)C)c(C)c2O)cc1. The van der Waals surface area contributed by atoms with Crippen LogP contribution < -0.4 is 4.74 Å². The van der Waals surface area contributed by atoms with Crippen molar-refractivity contribution in [1.29, 1.82) is 0 Å². The molecule has 0 aliphatic rings. The van der Waals surface area contributed by atoms with E-state index in [0.717, 1.165) is 23.4 Å². The Balaban J connectivity index is 2.34. The van der Waals surface area contributed by atoms with Gasteiger partial charge in [0.15, 0.2) is 5.75 Å². The first kappa shape index (κ1) is 15.4.